The summed E-state index contributed by atoms with van der Waals surface area (Å²) in [5, 5.41) is 11.6. The molecule has 2 aliphatic carbocycles. The summed E-state index contributed by atoms with van der Waals surface area (Å²) >= 11 is 0. The summed E-state index contributed by atoms with van der Waals surface area (Å²) in [5.74, 6) is -1.37. The van der Waals surface area contributed by atoms with Gasteiger partial charge in [-0.2, -0.15) is 9.97 Å². The van der Waals surface area contributed by atoms with Gasteiger partial charge >= 0.3 is 6.01 Å². The Hall–Kier alpha value is -4.30. The van der Waals surface area contributed by atoms with Crippen LogP contribution in [0.3, 0.4) is 0 Å². The molecule has 0 bridgehead atoms. The van der Waals surface area contributed by atoms with Crippen molar-refractivity contribution in [2.75, 3.05) is 51.3 Å². The number of likely N-dealkylation sites (N-methyl/N-ethyl adjacent to an activating group) is 1. The van der Waals surface area contributed by atoms with Crippen LogP contribution in [0.4, 0.5) is 14.6 Å². The molecule has 9 nitrogen and oxygen atoms in total. The Morgan fingerprint density at radius 1 is 1.25 bits per heavy atom. The van der Waals surface area contributed by atoms with Crippen molar-refractivity contribution >= 4 is 22.6 Å². The van der Waals surface area contributed by atoms with Crippen molar-refractivity contribution in [2.24, 2.45) is 5.92 Å². The van der Waals surface area contributed by atoms with Crippen molar-refractivity contribution in [3.8, 4) is 22.9 Å². The van der Waals surface area contributed by atoms with E-state index in [1.54, 1.807) is 0 Å². The molecule has 1 aromatic heterocycles. The highest BCUT2D eigenvalue weighted by atomic mass is 19.1. The van der Waals surface area contributed by atoms with Gasteiger partial charge in [0.25, 0.3) is 5.91 Å². The minimum absolute atomic E-state index is 0.0141. The van der Waals surface area contributed by atoms with E-state index < -0.39 is 23.6 Å². The number of aromatic nitrogens is 2. The number of aromatic hydroxyl groups is 1. The molecular formula is C33H34F2N6O3. The number of benzene rings is 2. The fourth-order valence-electron chi connectivity index (χ4n) is 7.36. The first-order valence-electron chi connectivity index (χ1n) is 15.2. The van der Waals surface area contributed by atoms with Crippen LogP contribution in [0.5, 0.6) is 11.8 Å². The summed E-state index contributed by atoms with van der Waals surface area (Å²) in [6.07, 6.45) is 4.05. The molecular weight excluding hydrogens is 566 g/mol. The molecule has 2 aromatic carbocycles. The number of hydrogen-bond donors (Lipinski definition) is 1. The SMILES string of the molecule is [C-]#[N+]C[C@H]1CN(c2nc(OC[C@@H]3CCCN3C)nc3c(F)c(-c4cccc5c4CC4CC54)c(O)cc23)CCN1C(=O)C(=C)F. The number of rotatable bonds is 7. The highest BCUT2D eigenvalue weighted by molar-refractivity contribution is 5.97. The van der Waals surface area contributed by atoms with Crippen LogP contribution < -0.4 is 9.64 Å². The van der Waals surface area contributed by atoms with Gasteiger partial charge in [0.1, 0.15) is 29.7 Å². The zero-order valence-electron chi connectivity index (χ0n) is 24.6. The molecule has 3 heterocycles. The lowest BCUT2D eigenvalue weighted by Crippen LogP contribution is -2.56. The maximum absolute atomic E-state index is 16.7. The first-order chi connectivity index (χ1) is 21.2. The van der Waals surface area contributed by atoms with E-state index in [-0.39, 0.29) is 55.1 Å². The summed E-state index contributed by atoms with van der Waals surface area (Å²) in [5.41, 5.74) is 3.13. The van der Waals surface area contributed by atoms with Crippen LogP contribution in [-0.4, -0.2) is 89.2 Å². The lowest BCUT2D eigenvalue weighted by molar-refractivity contribution is -0.131. The topological polar surface area (TPSA) is 86.4 Å². The Kier molecular flexibility index (Phi) is 7.12. The third kappa shape index (κ3) is 4.81. The molecule has 11 heteroatoms. The number of anilines is 1. The highest BCUT2D eigenvalue weighted by Gasteiger charge is 2.46. The first kappa shape index (κ1) is 28.5. The zero-order chi connectivity index (χ0) is 30.7. The van der Waals surface area contributed by atoms with Gasteiger partial charge in [0, 0.05) is 31.1 Å². The van der Waals surface area contributed by atoms with E-state index in [1.165, 1.54) is 16.5 Å². The summed E-state index contributed by atoms with van der Waals surface area (Å²) in [6, 6.07) is 6.92. The number of fused-ring (bicyclic) bond motifs is 4. The van der Waals surface area contributed by atoms with E-state index in [0.29, 0.717) is 35.2 Å². The molecule has 2 unspecified atom stereocenters. The Morgan fingerprint density at radius 3 is 2.84 bits per heavy atom. The second kappa shape index (κ2) is 11.0. The maximum Gasteiger partial charge on any atom is 0.319 e. The van der Waals surface area contributed by atoms with Gasteiger partial charge in [-0.15, -0.1) is 0 Å². The molecule has 2 aliphatic heterocycles. The minimum Gasteiger partial charge on any atom is -0.507 e. The molecule has 0 radical (unpaired) electrons. The van der Waals surface area contributed by atoms with Crippen molar-refractivity contribution < 1.29 is 23.4 Å². The lowest BCUT2D eigenvalue weighted by Gasteiger charge is -2.39. The summed E-state index contributed by atoms with van der Waals surface area (Å²) in [4.78, 5) is 30.5. The van der Waals surface area contributed by atoms with Gasteiger partial charge in [0.15, 0.2) is 11.6 Å². The fraction of sp³-hybridized carbons (Fsp3) is 0.455. The second-order valence-electron chi connectivity index (χ2n) is 12.4. The summed E-state index contributed by atoms with van der Waals surface area (Å²) in [7, 11) is 2.04. The number of likely N-dealkylation sites (tertiary alicyclic amines) is 1. The fourth-order valence-corrected chi connectivity index (χ4v) is 7.36. The first-order valence-corrected chi connectivity index (χ1v) is 15.2. The van der Waals surface area contributed by atoms with Crippen LogP contribution in [0, 0.1) is 18.3 Å². The predicted octanol–water partition coefficient (Wildman–Crippen LogP) is 4.69. The minimum atomic E-state index is -1.09. The molecule has 7 rings (SSSR count). The quantitative estimate of drug-likeness (QED) is 0.311. The van der Waals surface area contributed by atoms with E-state index in [0.717, 1.165) is 37.8 Å². The largest absolute Gasteiger partial charge is 0.507 e. The number of piperazine rings is 1. The standard InChI is InChI=1S/C33H34F2N6O3/c1-18(34)32(43)41-11-10-40(16-21(41)15-36-2)31-26-14-27(42)28(23-8-4-7-22-24-12-19(24)13-25(22)23)29(35)30(26)37-33(38-31)44-17-20-6-5-9-39(20)3/h4,7-8,14,19-21,24,42H,1,5-6,9-13,15-17H2,3H3/t19?,20-,21-,24?/m0/s1. The summed E-state index contributed by atoms with van der Waals surface area (Å²) < 4.78 is 36.6. The Labute approximate surface area is 254 Å². The molecule has 3 fully saturated rings. The van der Waals surface area contributed by atoms with Crippen LogP contribution >= 0.6 is 0 Å². The Balaban J connectivity index is 1.32. The van der Waals surface area contributed by atoms with Crippen molar-refractivity contribution in [3.63, 3.8) is 0 Å². The average Bonchev–Trinajstić information content (AvgIpc) is 3.50. The van der Waals surface area contributed by atoms with Crippen molar-refractivity contribution in [3.05, 3.63) is 65.0 Å². The number of phenolic OH excluding ortho intramolecular Hbond substituents is 1. The van der Waals surface area contributed by atoms with E-state index in [9.17, 15) is 14.3 Å². The van der Waals surface area contributed by atoms with Gasteiger partial charge in [-0.05, 0) is 73.9 Å². The lowest BCUT2D eigenvalue weighted by atomic mass is 9.92. The van der Waals surface area contributed by atoms with Gasteiger partial charge in [-0.1, -0.05) is 24.8 Å². The van der Waals surface area contributed by atoms with Crippen molar-refractivity contribution in [2.45, 2.75) is 43.7 Å². The Morgan fingerprint density at radius 2 is 2.09 bits per heavy atom. The van der Waals surface area contributed by atoms with Crippen molar-refractivity contribution in [1.29, 1.82) is 0 Å². The van der Waals surface area contributed by atoms with Crippen LogP contribution in [-0.2, 0) is 11.2 Å². The predicted molar refractivity (Wildman–Crippen MR) is 162 cm³/mol. The third-order valence-electron chi connectivity index (χ3n) is 9.79. The molecule has 1 amide bonds. The second-order valence-corrected chi connectivity index (χ2v) is 12.4. The average molecular weight is 601 g/mol. The van der Waals surface area contributed by atoms with Crippen LogP contribution in [0.25, 0.3) is 26.9 Å². The number of amides is 1. The highest BCUT2D eigenvalue weighted by Crippen LogP contribution is 2.58. The molecule has 3 aromatic rings. The molecule has 44 heavy (non-hydrogen) atoms. The number of carbonyl (C=O) groups is 1. The Bertz CT molecular complexity index is 1720. The molecule has 2 saturated heterocycles. The third-order valence-corrected chi connectivity index (χ3v) is 9.79. The maximum atomic E-state index is 16.7. The number of carbonyl (C=O) groups excluding carboxylic acids is 1. The van der Waals surface area contributed by atoms with Crippen molar-refractivity contribution in [1.82, 2.24) is 19.8 Å². The van der Waals surface area contributed by atoms with E-state index in [2.05, 4.69) is 27.4 Å². The van der Waals surface area contributed by atoms with E-state index in [1.807, 2.05) is 24.1 Å². The van der Waals surface area contributed by atoms with Gasteiger partial charge in [0.2, 0.25) is 6.54 Å². The van der Waals surface area contributed by atoms with Crippen LogP contribution in [0.2, 0.25) is 0 Å². The zero-order valence-corrected chi connectivity index (χ0v) is 24.6. The number of ether oxygens (including phenoxy) is 1. The smallest absolute Gasteiger partial charge is 0.319 e. The van der Waals surface area contributed by atoms with Crippen LogP contribution in [0.15, 0.2) is 36.7 Å². The number of nitrogens with zero attached hydrogens (tertiary/aromatic N) is 6. The monoisotopic (exact) mass is 600 g/mol. The van der Waals surface area contributed by atoms with Gasteiger partial charge in [-0.25, -0.2) is 15.4 Å². The van der Waals surface area contributed by atoms with Crippen LogP contribution in [0.1, 0.15) is 36.3 Å². The van der Waals surface area contributed by atoms with E-state index in [4.69, 9.17) is 16.3 Å². The number of phenols is 1. The number of hydrogen-bond acceptors (Lipinski definition) is 7. The van der Waals surface area contributed by atoms with Gasteiger partial charge in [-0.3, -0.25) is 4.79 Å². The summed E-state index contributed by atoms with van der Waals surface area (Å²) in [6.45, 7) is 12.3. The molecule has 4 aliphatic rings. The molecule has 228 valence electrons. The normalized spacial score (nSPS) is 24.2. The molecule has 1 N–H and O–H groups in total. The number of halogens is 2. The van der Waals surface area contributed by atoms with E-state index >= 15 is 4.39 Å². The molecule has 4 atom stereocenters. The van der Waals surface area contributed by atoms with Gasteiger partial charge < -0.3 is 29.4 Å². The van der Waals surface area contributed by atoms with Gasteiger partial charge in [0.05, 0.1) is 5.56 Å². The molecule has 1 saturated carbocycles. The molecule has 0 spiro atoms.